The highest BCUT2D eigenvalue weighted by atomic mass is 14.1. The van der Waals surface area contributed by atoms with Gasteiger partial charge >= 0.3 is 0 Å². The zero-order valence-corrected chi connectivity index (χ0v) is 8.44. The average molecular weight is 152 g/mol. The molecule has 1 aliphatic carbocycles. The first-order valence-electron chi connectivity index (χ1n) is 4.58. The minimum Gasteiger partial charge on any atom is -0.0802 e. The van der Waals surface area contributed by atoms with Gasteiger partial charge in [0.1, 0.15) is 0 Å². The van der Waals surface area contributed by atoms with Crippen LogP contribution in [0.4, 0.5) is 0 Å². The molecule has 0 aromatic rings. The van der Waals surface area contributed by atoms with E-state index in [2.05, 4.69) is 32.9 Å². The molecule has 0 amide bonds. The quantitative estimate of drug-likeness (QED) is 0.534. The van der Waals surface area contributed by atoms with E-state index in [9.17, 15) is 0 Å². The van der Waals surface area contributed by atoms with Crippen molar-refractivity contribution in [3.63, 3.8) is 0 Å². The molecule has 0 fully saturated rings. The van der Waals surface area contributed by atoms with E-state index < -0.39 is 0 Å². The predicted octanol–water partition coefficient (Wildman–Crippen LogP) is 3.95. The number of rotatable bonds is 1. The van der Waals surface area contributed by atoms with Crippen molar-refractivity contribution in [1.82, 2.24) is 0 Å². The first-order valence-corrected chi connectivity index (χ1v) is 4.58. The molecule has 0 heterocycles. The van der Waals surface area contributed by atoms with E-state index in [1.54, 1.807) is 5.57 Å². The molecule has 0 saturated carbocycles. The standard InChI is InChI=1S/C9H14.C2H6/c1-7(2)9-6-4-5-8(9)3;1-2/h4,6-7H,5H2,1-3H3;1-2H3. The fourth-order valence-corrected chi connectivity index (χ4v) is 1.31. The second kappa shape index (κ2) is 5.17. The Morgan fingerprint density at radius 2 is 1.82 bits per heavy atom. The van der Waals surface area contributed by atoms with Crippen LogP contribution >= 0.6 is 0 Å². The average Bonchev–Trinajstić information content (AvgIpc) is 2.39. The molecule has 0 saturated heterocycles. The molecule has 0 unspecified atom stereocenters. The van der Waals surface area contributed by atoms with Crippen LogP contribution < -0.4 is 0 Å². The molecular weight excluding hydrogens is 132 g/mol. The summed E-state index contributed by atoms with van der Waals surface area (Å²) in [4.78, 5) is 0. The highest BCUT2D eigenvalue weighted by molar-refractivity contribution is 5.33. The van der Waals surface area contributed by atoms with Gasteiger partial charge < -0.3 is 0 Å². The molecule has 1 aliphatic rings. The van der Waals surface area contributed by atoms with Crippen LogP contribution in [0.5, 0.6) is 0 Å². The van der Waals surface area contributed by atoms with Crippen molar-refractivity contribution in [1.29, 1.82) is 0 Å². The lowest BCUT2D eigenvalue weighted by atomic mass is 10.0. The molecule has 0 N–H and O–H groups in total. The first-order chi connectivity index (χ1) is 5.22. The Bertz CT molecular complexity index is 159. The van der Waals surface area contributed by atoms with Gasteiger partial charge in [0.15, 0.2) is 0 Å². The zero-order valence-electron chi connectivity index (χ0n) is 8.44. The minimum absolute atomic E-state index is 0.712. The highest BCUT2D eigenvalue weighted by Crippen LogP contribution is 2.24. The maximum atomic E-state index is 2.25. The third kappa shape index (κ3) is 2.92. The Morgan fingerprint density at radius 1 is 1.27 bits per heavy atom. The van der Waals surface area contributed by atoms with Crippen LogP contribution in [0.25, 0.3) is 0 Å². The van der Waals surface area contributed by atoms with Crippen molar-refractivity contribution in [3.05, 3.63) is 23.3 Å². The van der Waals surface area contributed by atoms with Crippen molar-refractivity contribution >= 4 is 0 Å². The van der Waals surface area contributed by atoms with E-state index in [4.69, 9.17) is 0 Å². The molecule has 0 heteroatoms. The molecule has 0 spiro atoms. The van der Waals surface area contributed by atoms with E-state index in [0.29, 0.717) is 5.92 Å². The summed E-state index contributed by atoms with van der Waals surface area (Å²) < 4.78 is 0. The Kier molecular flexibility index (Phi) is 4.93. The zero-order chi connectivity index (χ0) is 8.85. The molecule has 0 bridgehead atoms. The van der Waals surface area contributed by atoms with E-state index in [1.807, 2.05) is 13.8 Å². The maximum Gasteiger partial charge on any atom is -0.0132 e. The van der Waals surface area contributed by atoms with Crippen molar-refractivity contribution in [2.45, 2.75) is 41.0 Å². The van der Waals surface area contributed by atoms with Crippen LogP contribution in [0.2, 0.25) is 0 Å². The molecule has 0 nitrogen and oxygen atoms in total. The van der Waals surface area contributed by atoms with Crippen molar-refractivity contribution in [2.24, 2.45) is 5.92 Å². The fraction of sp³-hybridized carbons (Fsp3) is 0.636. The largest absolute Gasteiger partial charge is 0.0802 e. The normalized spacial score (nSPS) is 15.5. The summed E-state index contributed by atoms with van der Waals surface area (Å²) in [6.45, 7) is 10.7. The Balaban J connectivity index is 0.000000461. The first kappa shape index (κ1) is 10.5. The lowest BCUT2D eigenvalue weighted by Crippen LogP contribution is -1.89. The van der Waals surface area contributed by atoms with Gasteiger partial charge in [0, 0.05) is 0 Å². The molecular formula is C11H20. The van der Waals surface area contributed by atoms with Gasteiger partial charge in [-0.1, -0.05) is 45.4 Å². The van der Waals surface area contributed by atoms with E-state index >= 15 is 0 Å². The molecule has 64 valence electrons. The monoisotopic (exact) mass is 152 g/mol. The lowest BCUT2D eigenvalue weighted by Gasteiger charge is -2.04. The van der Waals surface area contributed by atoms with Gasteiger partial charge in [0.25, 0.3) is 0 Å². The van der Waals surface area contributed by atoms with Crippen LogP contribution in [0, 0.1) is 5.92 Å². The number of allylic oxidation sites excluding steroid dienone is 4. The summed E-state index contributed by atoms with van der Waals surface area (Å²) in [5, 5.41) is 0. The van der Waals surface area contributed by atoms with Gasteiger partial charge in [-0.2, -0.15) is 0 Å². The molecule has 0 aromatic carbocycles. The third-order valence-corrected chi connectivity index (χ3v) is 1.84. The molecule has 0 atom stereocenters. The van der Waals surface area contributed by atoms with Crippen LogP contribution in [-0.2, 0) is 0 Å². The van der Waals surface area contributed by atoms with E-state index in [0.717, 1.165) is 0 Å². The molecule has 0 aliphatic heterocycles. The summed E-state index contributed by atoms with van der Waals surface area (Å²) in [7, 11) is 0. The van der Waals surface area contributed by atoms with Gasteiger partial charge in [-0.05, 0) is 24.8 Å². The van der Waals surface area contributed by atoms with Crippen LogP contribution in [0.3, 0.4) is 0 Å². The molecule has 1 rings (SSSR count). The fourth-order valence-electron chi connectivity index (χ4n) is 1.31. The van der Waals surface area contributed by atoms with Gasteiger partial charge in [-0.3, -0.25) is 0 Å². The van der Waals surface area contributed by atoms with Crippen molar-refractivity contribution < 1.29 is 0 Å². The van der Waals surface area contributed by atoms with Gasteiger partial charge in [0.2, 0.25) is 0 Å². The van der Waals surface area contributed by atoms with Crippen LogP contribution in [0.15, 0.2) is 23.3 Å². The predicted molar refractivity (Wildman–Crippen MR) is 52.6 cm³/mol. The van der Waals surface area contributed by atoms with E-state index in [-0.39, 0.29) is 0 Å². The SMILES string of the molecule is CC.CC1=C(C(C)C)C=CC1. The maximum absolute atomic E-state index is 2.25. The van der Waals surface area contributed by atoms with E-state index in [1.165, 1.54) is 12.0 Å². The summed E-state index contributed by atoms with van der Waals surface area (Å²) in [6.07, 6.45) is 5.66. The topological polar surface area (TPSA) is 0 Å². The Morgan fingerprint density at radius 3 is 2.00 bits per heavy atom. The second-order valence-electron chi connectivity index (χ2n) is 3.00. The Labute approximate surface area is 71.0 Å². The summed E-state index contributed by atoms with van der Waals surface area (Å²) in [6, 6.07) is 0. The third-order valence-electron chi connectivity index (χ3n) is 1.84. The summed E-state index contributed by atoms with van der Waals surface area (Å²) in [5.41, 5.74) is 3.08. The van der Waals surface area contributed by atoms with Gasteiger partial charge in [-0.15, -0.1) is 0 Å². The summed E-state index contributed by atoms with van der Waals surface area (Å²) >= 11 is 0. The van der Waals surface area contributed by atoms with Crippen LogP contribution in [0.1, 0.15) is 41.0 Å². The second-order valence-corrected chi connectivity index (χ2v) is 3.00. The molecule has 0 radical (unpaired) electrons. The Hall–Kier alpha value is -0.520. The number of hydrogen-bond donors (Lipinski definition) is 0. The summed E-state index contributed by atoms with van der Waals surface area (Å²) in [5.74, 6) is 0.712. The van der Waals surface area contributed by atoms with Crippen molar-refractivity contribution in [2.75, 3.05) is 0 Å². The van der Waals surface area contributed by atoms with Gasteiger partial charge in [-0.25, -0.2) is 0 Å². The minimum atomic E-state index is 0.712. The van der Waals surface area contributed by atoms with Crippen molar-refractivity contribution in [3.8, 4) is 0 Å². The highest BCUT2D eigenvalue weighted by Gasteiger charge is 2.06. The smallest absolute Gasteiger partial charge is 0.0132 e. The lowest BCUT2D eigenvalue weighted by molar-refractivity contribution is 0.783. The van der Waals surface area contributed by atoms with Crippen LogP contribution in [-0.4, -0.2) is 0 Å². The molecule has 0 aromatic heterocycles. The molecule has 11 heavy (non-hydrogen) atoms. The van der Waals surface area contributed by atoms with Gasteiger partial charge in [0.05, 0.1) is 0 Å². The number of hydrogen-bond acceptors (Lipinski definition) is 0.